The first-order chi connectivity index (χ1) is 13.1. The molecule has 1 aromatic heterocycles. The van der Waals surface area contributed by atoms with E-state index in [0.717, 1.165) is 35.8 Å². The van der Waals surface area contributed by atoms with E-state index >= 15 is 0 Å². The van der Waals surface area contributed by atoms with Crippen molar-refractivity contribution in [3.63, 3.8) is 0 Å². The molecule has 2 N–H and O–H groups in total. The number of halogens is 1. The van der Waals surface area contributed by atoms with E-state index in [1.165, 1.54) is 6.42 Å². The first kappa shape index (κ1) is 19.5. The summed E-state index contributed by atoms with van der Waals surface area (Å²) in [6, 6.07) is 7.62. The molecule has 0 saturated heterocycles. The van der Waals surface area contributed by atoms with Gasteiger partial charge in [-0.2, -0.15) is 0 Å². The lowest BCUT2D eigenvalue weighted by Gasteiger charge is -2.20. The van der Waals surface area contributed by atoms with Crippen molar-refractivity contribution in [2.75, 3.05) is 13.1 Å². The summed E-state index contributed by atoms with van der Waals surface area (Å²) in [6.07, 6.45) is 5.41. The minimum absolute atomic E-state index is 0.0979. The predicted molar refractivity (Wildman–Crippen MR) is 106 cm³/mol. The summed E-state index contributed by atoms with van der Waals surface area (Å²) in [6.45, 7) is 2.58. The van der Waals surface area contributed by atoms with Crippen LogP contribution in [-0.4, -0.2) is 39.9 Å². The fraction of sp³-hybridized carbons (Fsp3) is 0.474. The summed E-state index contributed by atoms with van der Waals surface area (Å²) in [7, 11) is 0. The molecule has 1 aromatic carbocycles. The highest BCUT2D eigenvalue weighted by Gasteiger charge is 2.21. The Balaban J connectivity index is 1.50. The SMILES string of the molecule is Cc1c(C(=O)NCCNC(=O)C2CCCCC2)nnn1-c1cccc(Br)c1. The Labute approximate surface area is 167 Å². The Morgan fingerprint density at radius 2 is 1.93 bits per heavy atom. The van der Waals surface area contributed by atoms with Gasteiger partial charge in [-0.05, 0) is 38.0 Å². The summed E-state index contributed by atoms with van der Waals surface area (Å²) >= 11 is 3.43. The Morgan fingerprint density at radius 3 is 2.67 bits per heavy atom. The standard InChI is InChI=1S/C19H24BrN5O2/c1-13-17(23-24-25(13)16-9-5-8-15(20)12-16)19(27)22-11-10-21-18(26)14-6-3-2-4-7-14/h5,8-9,12,14H,2-4,6-7,10-11H2,1H3,(H,21,26)(H,22,27). The summed E-state index contributed by atoms with van der Waals surface area (Å²) in [4.78, 5) is 24.5. The van der Waals surface area contributed by atoms with E-state index in [2.05, 4.69) is 36.9 Å². The normalized spacial score (nSPS) is 14.7. The van der Waals surface area contributed by atoms with Crippen molar-refractivity contribution in [1.82, 2.24) is 25.6 Å². The van der Waals surface area contributed by atoms with Crippen molar-refractivity contribution < 1.29 is 9.59 Å². The Morgan fingerprint density at radius 1 is 1.19 bits per heavy atom. The number of amides is 2. The first-order valence-electron chi connectivity index (χ1n) is 9.30. The maximum Gasteiger partial charge on any atom is 0.273 e. The van der Waals surface area contributed by atoms with Gasteiger partial charge >= 0.3 is 0 Å². The number of hydrogen-bond donors (Lipinski definition) is 2. The molecule has 0 aliphatic heterocycles. The fourth-order valence-corrected chi connectivity index (χ4v) is 3.73. The molecular formula is C19H24BrN5O2. The summed E-state index contributed by atoms with van der Waals surface area (Å²) in [5, 5.41) is 13.8. The van der Waals surface area contributed by atoms with Crippen LogP contribution in [0, 0.1) is 12.8 Å². The molecule has 0 bridgehead atoms. The van der Waals surface area contributed by atoms with E-state index in [9.17, 15) is 9.59 Å². The van der Waals surface area contributed by atoms with E-state index in [4.69, 9.17) is 0 Å². The highest BCUT2D eigenvalue weighted by atomic mass is 79.9. The molecule has 144 valence electrons. The van der Waals surface area contributed by atoms with Gasteiger partial charge in [0.2, 0.25) is 5.91 Å². The zero-order chi connectivity index (χ0) is 19.2. The second-order valence-corrected chi connectivity index (χ2v) is 7.71. The predicted octanol–water partition coefficient (Wildman–Crippen LogP) is 2.76. The van der Waals surface area contributed by atoms with Crippen LogP contribution in [0.1, 0.15) is 48.3 Å². The third-order valence-electron chi connectivity index (χ3n) is 4.85. The van der Waals surface area contributed by atoms with Crippen molar-refractivity contribution in [3.05, 3.63) is 40.1 Å². The monoisotopic (exact) mass is 433 g/mol. The zero-order valence-corrected chi connectivity index (χ0v) is 17.0. The average Bonchev–Trinajstić information content (AvgIpc) is 3.07. The van der Waals surface area contributed by atoms with Crippen LogP contribution >= 0.6 is 15.9 Å². The minimum Gasteiger partial charge on any atom is -0.354 e. The van der Waals surface area contributed by atoms with Crippen LogP contribution in [0.3, 0.4) is 0 Å². The number of nitrogens with one attached hydrogen (secondary N) is 2. The molecule has 1 aliphatic rings. The molecule has 8 heteroatoms. The van der Waals surface area contributed by atoms with Crippen LogP contribution in [-0.2, 0) is 4.79 Å². The third-order valence-corrected chi connectivity index (χ3v) is 5.34. The van der Waals surface area contributed by atoms with Gasteiger partial charge in [0.25, 0.3) is 5.91 Å². The molecule has 0 atom stereocenters. The molecule has 1 saturated carbocycles. The van der Waals surface area contributed by atoms with Crippen LogP contribution in [0.15, 0.2) is 28.7 Å². The number of rotatable bonds is 6. The number of benzene rings is 1. The van der Waals surface area contributed by atoms with E-state index < -0.39 is 0 Å². The molecule has 2 amide bonds. The van der Waals surface area contributed by atoms with Crippen LogP contribution in [0.4, 0.5) is 0 Å². The van der Waals surface area contributed by atoms with Gasteiger partial charge in [-0.1, -0.05) is 46.5 Å². The Bertz CT molecular complexity index is 814. The van der Waals surface area contributed by atoms with E-state index in [0.29, 0.717) is 18.8 Å². The number of carbonyl (C=O) groups is 2. The average molecular weight is 434 g/mol. The largest absolute Gasteiger partial charge is 0.354 e. The molecule has 1 aliphatic carbocycles. The Hall–Kier alpha value is -2.22. The van der Waals surface area contributed by atoms with Crippen molar-refractivity contribution >= 4 is 27.7 Å². The lowest BCUT2D eigenvalue weighted by molar-refractivity contribution is -0.125. The van der Waals surface area contributed by atoms with Crippen molar-refractivity contribution in [2.45, 2.75) is 39.0 Å². The highest BCUT2D eigenvalue weighted by molar-refractivity contribution is 9.10. The van der Waals surface area contributed by atoms with Crippen LogP contribution in [0.5, 0.6) is 0 Å². The van der Waals surface area contributed by atoms with Gasteiger partial charge in [-0.15, -0.1) is 5.10 Å². The first-order valence-corrected chi connectivity index (χ1v) is 10.1. The third kappa shape index (κ3) is 4.94. The molecule has 7 nitrogen and oxygen atoms in total. The highest BCUT2D eigenvalue weighted by Crippen LogP contribution is 2.23. The van der Waals surface area contributed by atoms with Gasteiger partial charge in [0.15, 0.2) is 5.69 Å². The molecule has 0 spiro atoms. The van der Waals surface area contributed by atoms with E-state index in [-0.39, 0.29) is 23.4 Å². The summed E-state index contributed by atoms with van der Waals surface area (Å²) < 4.78 is 2.56. The zero-order valence-electron chi connectivity index (χ0n) is 15.4. The smallest absolute Gasteiger partial charge is 0.273 e. The second kappa shape index (κ2) is 9.12. The van der Waals surface area contributed by atoms with Gasteiger partial charge in [-0.25, -0.2) is 4.68 Å². The number of aromatic nitrogens is 3. The molecule has 2 aromatic rings. The molecule has 0 unspecified atom stereocenters. The molecule has 0 radical (unpaired) electrons. The van der Waals surface area contributed by atoms with Gasteiger partial charge in [0.05, 0.1) is 11.4 Å². The van der Waals surface area contributed by atoms with Crippen molar-refractivity contribution in [1.29, 1.82) is 0 Å². The lowest BCUT2D eigenvalue weighted by Crippen LogP contribution is -2.38. The number of carbonyl (C=O) groups excluding carboxylic acids is 2. The number of hydrogen-bond acceptors (Lipinski definition) is 4. The number of nitrogens with zero attached hydrogens (tertiary/aromatic N) is 3. The van der Waals surface area contributed by atoms with Crippen LogP contribution in [0.25, 0.3) is 5.69 Å². The lowest BCUT2D eigenvalue weighted by atomic mass is 9.89. The topological polar surface area (TPSA) is 88.9 Å². The van der Waals surface area contributed by atoms with Gasteiger partial charge in [0, 0.05) is 23.5 Å². The molecule has 1 heterocycles. The molecule has 3 rings (SSSR count). The van der Waals surface area contributed by atoms with Crippen molar-refractivity contribution in [2.24, 2.45) is 5.92 Å². The summed E-state index contributed by atoms with van der Waals surface area (Å²) in [5.74, 6) is -0.0665. The van der Waals surface area contributed by atoms with Gasteiger partial charge < -0.3 is 10.6 Å². The Kier molecular flexibility index (Phi) is 6.60. The fourth-order valence-electron chi connectivity index (χ4n) is 3.35. The minimum atomic E-state index is -0.291. The molecular weight excluding hydrogens is 410 g/mol. The van der Waals surface area contributed by atoms with Gasteiger partial charge in [-0.3, -0.25) is 9.59 Å². The molecule has 1 fully saturated rings. The quantitative estimate of drug-likeness (QED) is 0.685. The van der Waals surface area contributed by atoms with E-state index in [1.807, 2.05) is 24.3 Å². The van der Waals surface area contributed by atoms with Crippen LogP contribution < -0.4 is 10.6 Å². The maximum absolute atomic E-state index is 12.4. The van der Waals surface area contributed by atoms with E-state index in [1.54, 1.807) is 11.6 Å². The maximum atomic E-state index is 12.4. The second-order valence-electron chi connectivity index (χ2n) is 6.80. The molecule has 27 heavy (non-hydrogen) atoms. The van der Waals surface area contributed by atoms with Crippen LogP contribution in [0.2, 0.25) is 0 Å². The van der Waals surface area contributed by atoms with Crippen molar-refractivity contribution in [3.8, 4) is 5.69 Å². The summed E-state index contributed by atoms with van der Waals surface area (Å²) in [5.41, 5.74) is 1.78. The van der Waals surface area contributed by atoms with Gasteiger partial charge in [0.1, 0.15) is 0 Å².